The highest BCUT2D eigenvalue weighted by molar-refractivity contribution is 7.89. The van der Waals surface area contributed by atoms with Crippen LogP contribution >= 0.6 is 0 Å². The molecule has 0 amide bonds. The molecule has 3 rings (SSSR count). The van der Waals surface area contributed by atoms with Gasteiger partial charge < -0.3 is 0 Å². The third kappa shape index (κ3) is 3.62. The Hall–Kier alpha value is -1.72. The summed E-state index contributed by atoms with van der Waals surface area (Å²) in [6, 6.07) is 8.63. The van der Waals surface area contributed by atoms with E-state index in [1.807, 2.05) is 19.3 Å². The molecule has 1 aliphatic rings. The summed E-state index contributed by atoms with van der Waals surface area (Å²) in [5.74, 6) is 0.351. The lowest BCUT2D eigenvalue weighted by molar-refractivity contribution is 0.493. The average Bonchev–Trinajstić information content (AvgIpc) is 2.87. The minimum atomic E-state index is -3.44. The number of nitrogens with zero attached hydrogens (tertiary/aromatic N) is 1. The third-order valence-corrected chi connectivity index (χ3v) is 5.97. The Morgan fingerprint density at radius 2 is 1.91 bits per heavy atom. The Morgan fingerprint density at radius 1 is 1.17 bits per heavy atom. The number of rotatable bonds is 4. The van der Waals surface area contributed by atoms with E-state index in [1.54, 1.807) is 6.92 Å². The second kappa shape index (κ2) is 6.06. The molecule has 1 unspecified atom stereocenters. The molecule has 0 saturated heterocycles. The van der Waals surface area contributed by atoms with E-state index in [9.17, 15) is 8.42 Å². The zero-order valence-corrected chi connectivity index (χ0v) is 14.3. The fourth-order valence-electron chi connectivity index (χ4n) is 3.37. The summed E-state index contributed by atoms with van der Waals surface area (Å²) in [5, 5.41) is 4.76. The van der Waals surface area contributed by atoms with Crippen LogP contribution in [0.2, 0.25) is 0 Å². The summed E-state index contributed by atoms with van der Waals surface area (Å²) in [6.45, 7) is 3.73. The number of aromatic nitrogens is 1. The first-order chi connectivity index (χ1) is 10.8. The molecular formula is C18H22N2O2S. The zero-order valence-electron chi connectivity index (χ0n) is 13.5. The number of nitrogens with two attached hydrogens (primary N) is 1. The molecule has 2 atom stereocenters. The minimum absolute atomic E-state index is 0.351. The lowest BCUT2D eigenvalue weighted by atomic mass is 10.00. The Labute approximate surface area is 137 Å². The lowest BCUT2D eigenvalue weighted by Crippen LogP contribution is -2.28. The van der Waals surface area contributed by atoms with E-state index in [0.717, 1.165) is 24.0 Å². The number of fused-ring (bicyclic) bond motifs is 1. The average molecular weight is 330 g/mol. The van der Waals surface area contributed by atoms with Crippen LogP contribution in [0.3, 0.4) is 0 Å². The predicted octanol–water partition coefficient (Wildman–Crippen LogP) is 2.84. The molecule has 2 N–H and O–H groups in total. The van der Waals surface area contributed by atoms with Gasteiger partial charge in [0.15, 0.2) is 0 Å². The molecule has 0 spiro atoms. The molecule has 2 aromatic rings. The number of hydrogen-bond donors (Lipinski definition) is 1. The monoisotopic (exact) mass is 330 g/mol. The molecule has 5 heteroatoms. The standard InChI is InChI=1S/C18H22N2O2S/c1-12-5-18(11-20-10-12)16-4-3-15-7-14(8-17(15)9-16)6-13(2)23(19,21)22/h3-5,9-11,13-14H,6-8H2,1-2H3,(H2,19,21,22)/t13?,14-/m0/s1. The first kappa shape index (κ1) is 16.1. The van der Waals surface area contributed by atoms with Crippen molar-refractivity contribution in [2.24, 2.45) is 11.1 Å². The van der Waals surface area contributed by atoms with Crippen LogP contribution in [0.25, 0.3) is 11.1 Å². The van der Waals surface area contributed by atoms with Crippen LogP contribution in [-0.2, 0) is 22.9 Å². The van der Waals surface area contributed by atoms with Gasteiger partial charge in [0.05, 0.1) is 5.25 Å². The van der Waals surface area contributed by atoms with Gasteiger partial charge in [-0.25, -0.2) is 13.6 Å². The molecule has 0 saturated carbocycles. The fourth-order valence-corrected chi connectivity index (χ4v) is 3.91. The number of primary sulfonamides is 1. The van der Waals surface area contributed by atoms with Crippen molar-refractivity contribution in [2.45, 2.75) is 38.4 Å². The van der Waals surface area contributed by atoms with Crippen LogP contribution < -0.4 is 5.14 Å². The highest BCUT2D eigenvalue weighted by Gasteiger charge is 2.27. The van der Waals surface area contributed by atoms with Crippen LogP contribution in [0, 0.1) is 12.8 Å². The van der Waals surface area contributed by atoms with E-state index < -0.39 is 15.3 Å². The van der Waals surface area contributed by atoms with Crippen molar-refractivity contribution >= 4 is 10.0 Å². The van der Waals surface area contributed by atoms with Gasteiger partial charge in [-0.15, -0.1) is 0 Å². The van der Waals surface area contributed by atoms with Crippen LogP contribution in [-0.4, -0.2) is 18.7 Å². The van der Waals surface area contributed by atoms with Gasteiger partial charge in [-0.3, -0.25) is 4.98 Å². The van der Waals surface area contributed by atoms with Crippen molar-refractivity contribution in [3.8, 4) is 11.1 Å². The first-order valence-corrected chi connectivity index (χ1v) is 9.49. The van der Waals surface area contributed by atoms with E-state index in [0.29, 0.717) is 12.3 Å². The first-order valence-electron chi connectivity index (χ1n) is 7.88. The summed E-state index contributed by atoms with van der Waals surface area (Å²) < 4.78 is 22.9. The molecule has 1 aromatic heterocycles. The van der Waals surface area contributed by atoms with Crippen LogP contribution in [0.15, 0.2) is 36.7 Å². The summed E-state index contributed by atoms with van der Waals surface area (Å²) in [4.78, 5) is 4.25. The van der Waals surface area contributed by atoms with Gasteiger partial charge in [0.25, 0.3) is 0 Å². The van der Waals surface area contributed by atoms with Crippen molar-refractivity contribution in [2.75, 3.05) is 0 Å². The lowest BCUT2D eigenvalue weighted by Gasteiger charge is -2.13. The van der Waals surface area contributed by atoms with Gasteiger partial charge in [-0.2, -0.15) is 0 Å². The molecular weight excluding hydrogens is 308 g/mol. The van der Waals surface area contributed by atoms with E-state index in [4.69, 9.17) is 5.14 Å². The highest BCUT2D eigenvalue weighted by Crippen LogP contribution is 2.33. The van der Waals surface area contributed by atoms with Gasteiger partial charge >= 0.3 is 0 Å². The Balaban J connectivity index is 1.79. The van der Waals surface area contributed by atoms with Gasteiger partial charge in [0, 0.05) is 18.0 Å². The molecule has 0 radical (unpaired) electrons. The third-order valence-electron chi connectivity index (χ3n) is 4.66. The topological polar surface area (TPSA) is 73.0 Å². The SMILES string of the molecule is Cc1cncc(-c2ccc3c(c2)C[C@@H](CC(C)S(N)(=O)=O)C3)c1. The summed E-state index contributed by atoms with van der Waals surface area (Å²) in [6.07, 6.45) is 6.20. The quantitative estimate of drug-likeness (QED) is 0.937. The number of aryl methyl sites for hydroxylation is 1. The largest absolute Gasteiger partial charge is 0.264 e. The van der Waals surface area contributed by atoms with Crippen LogP contribution in [0.4, 0.5) is 0 Å². The van der Waals surface area contributed by atoms with Crippen LogP contribution in [0.1, 0.15) is 30.0 Å². The molecule has 0 bridgehead atoms. The number of benzene rings is 1. The molecule has 1 aliphatic carbocycles. The summed E-state index contributed by atoms with van der Waals surface area (Å²) in [5.41, 5.74) is 6.06. The molecule has 4 nitrogen and oxygen atoms in total. The van der Waals surface area contributed by atoms with E-state index in [1.165, 1.54) is 16.7 Å². The molecule has 122 valence electrons. The van der Waals surface area contributed by atoms with Crippen LogP contribution in [0.5, 0.6) is 0 Å². The minimum Gasteiger partial charge on any atom is -0.264 e. The molecule has 1 heterocycles. The van der Waals surface area contributed by atoms with Gasteiger partial charge in [-0.05, 0) is 67.3 Å². The van der Waals surface area contributed by atoms with Crippen molar-refractivity contribution < 1.29 is 8.42 Å². The smallest absolute Gasteiger partial charge is 0.211 e. The fraction of sp³-hybridized carbons (Fsp3) is 0.389. The second-order valence-electron chi connectivity index (χ2n) is 6.64. The second-order valence-corrected chi connectivity index (χ2v) is 8.63. The number of hydrogen-bond acceptors (Lipinski definition) is 3. The van der Waals surface area contributed by atoms with Crippen molar-refractivity contribution in [1.29, 1.82) is 0 Å². The highest BCUT2D eigenvalue weighted by atomic mass is 32.2. The maximum absolute atomic E-state index is 11.4. The molecule has 0 aliphatic heterocycles. The molecule has 23 heavy (non-hydrogen) atoms. The van der Waals surface area contributed by atoms with Gasteiger partial charge in [0.1, 0.15) is 0 Å². The van der Waals surface area contributed by atoms with Gasteiger partial charge in [0.2, 0.25) is 10.0 Å². The maximum atomic E-state index is 11.4. The number of pyridine rings is 1. The maximum Gasteiger partial charge on any atom is 0.211 e. The van der Waals surface area contributed by atoms with E-state index >= 15 is 0 Å². The Bertz CT molecular complexity index is 831. The van der Waals surface area contributed by atoms with E-state index in [-0.39, 0.29) is 0 Å². The van der Waals surface area contributed by atoms with Gasteiger partial charge in [-0.1, -0.05) is 18.2 Å². The number of sulfonamides is 1. The van der Waals surface area contributed by atoms with E-state index in [2.05, 4.69) is 29.2 Å². The normalized spacial score (nSPS) is 18.7. The van der Waals surface area contributed by atoms with Crippen molar-refractivity contribution in [3.05, 3.63) is 53.3 Å². The molecule has 0 fully saturated rings. The van der Waals surface area contributed by atoms with Crippen molar-refractivity contribution in [3.63, 3.8) is 0 Å². The summed E-state index contributed by atoms with van der Waals surface area (Å²) in [7, 11) is -3.44. The summed E-state index contributed by atoms with van der Waals surface area (Å²) >= 11 is 0. The zero-order chi connectivity index (χ0) is 16.6. The van der Waals surface area contributed by atoms with Crippen molar-refractivity contribution in [1.82, 2.24) is 4.98 Å². The molecule has 1 aromatic carbocycles. The predicted molar refractivity (Wildman–Crippen MR) is 92.5 cm³/mol. The Morgan fingerprint density at radius 3 is 2.61 bits per heavy atom. The Kier molecular flexibility index (Phi) is 4.25.